The van der Waals surface area contributed by atoms with Gasteiger partial charge in [0.25, 0.3) is 0 Å². The Morgan fingerprint density at radius 3 is 2.54 bits per heavy atom. The zero-order valence-electron chi connectivity index (χ0n) is 6.83. The molecule has 2 aromatic carbocycles. The second kappa shape index (κ2) is 3.30. The standard InChI is InChI=1S/C11H7BrO/c12-11-4-3-9-2-1-8(7-13)5-10(9)6-11/h1-7H. The third-order valence-electron chi connectivity index (χ3n) is 1.96. The molecule has 0 aliphatic rings. The minimum Gasteiger partial charge on any atom is -0.298 e. The highest BCUT2D eigenvalue weighted by atomic mass is 79.9. The lowest BCUT2D eigenvalue weighted by Gasteiger charge is -1.98. The Morgan fingerprint density at radius 1 is 1.00 bits per heavy atom. The molecule has 13 heavy (non-hydrogen) atoms. The van der Waals surface area contributed by atoms with Crippen LogP contribution in [0.4, 0.5) is 0 Å². The molecular weight excluding hydrogens is 228 g/mol. The molecule has 0 bridgehead atoms. The van der Waals surface area contributed by atoms with Gasteiger partial charge < -0.3 is 0 Å². The maximum Gasteiger partial charge on any atom is 0.150 e. The molecule has 0 fully saturated rings. The number of halogens is 1. The first kappa shape index (κ1) is 8.45. The van der Waals surface area contributed by atoms with Crippen molar-refractivity contribution >= 4 is 33.0 Å². The second-order valence-electron chi connectivity index (χ2n) is 2.87. The molecule has 64 valence electrons. The first-order chi connectivity index (χ1) is 6.29. The summed E-state index contributed by atoms with van der Waals surface area (Å²) in [5.74, 6) is 0. The Morgan fingerprint density at radius 2 is 1.77 bits per heavy atom. The number of aldehydes is 1. The average molecular weight is 235 g/mol. The lowest BCUT2D eigenvalue weighted by Crippen LogP contribution is -1.79. The van der Waals surface area contributed by atoms with E-state index in [1.807, 2.05) is 36.4 Å². The first-order valence-corrected chi connectivity index (χ1v) is 4.73. The maximum absolute atomic E-state index is 10.5. The van der Waals surface area contributed by atoms with Crippen LogP contribution in [-0.4, -0.2) is 6.29 Å². The van der Waals surface area contributed by atoms with E-state index in [4.69, 9.17) is 0 Å². The first-order valence-electron chi connectivity index (χ1n) is 3.94. The summed E-state index contributed by atoms with van der Waals surface area (Å²) in [4.78, 5) is 10.5. The molecule has 0 heterocycles. The fourth-order valence-corrected chi connectivity index (χ4v) is 1.69. The topological polar surface area (TPSA) is 17.1 Å². The van der Waals surface area contributed by atoms with Crippen molar-refractivity contribution in [3.8, 4) is 0 Å². The van der Waals surface area contributed by atoms with Crippen molar-refractivity contribution in [1.29, 1.82) is 0 Å². The fraction of sp³-hybridized carbons (Fsp3) is 0. The Kier molecular flexibility index (Phi) is 2.15. The third kappa shape index (κ3) is 1.63. The summed E-state index contributed by atoms with van der Waals surface area (Å²) < 4.78 is 1.03. The van der Waals surface area contributed by atoms with Crippen molar-refractivity contribution < 1.29 is 4.79 Å². The molecule has 0 spiro atoms. The zero-order valence-corrected chi connectivity index (χ0v) is 8.41. The maximum atomic E-state index is 10.5. The average Bonchev–Trinajstić information content (AvgIpc) is 2.16. The number of carbonyl (C=O) groups excluding carboxylic acids is 1. The Bertz CT molecular complexity index is 463. The fourth-order valence-electron chi connectivity index (χ4n) is 1.31. The van der Waals surface area contributed by atoms with E-state index in [0.29, 0.717) is 5.56 Å². The molecule has 2 rings (SSSR count). The van der Waals surface area contributed by atoms with Gasteiger partial charge in [-0.15, -0.1) is 0 Å². The number of hydrogen-bond donors (Lipinski definition) is 0. The molecule has 0 saturated heterocycles. The van der Waals surface area contributed by atoms with Crippen molar-refractivity contribution in [2.75, 3.05) is 0 Å². The smallest absolute Gasteiger partial charge is 0.150 e. The van der Waals surface area contributed by atoms with Crippen LogP contribution >= 0.6 is 15.9 Å². The van der Waals surface area contributed by atoms with Gasteiger partial charge in [-0.2, -0.15) is 0 Å². The van der Waals surface area contributed by atoms with E-state index in [-0.39, 0.29) is 0 Å². The summed E-state index contributed by atoms with van der Waals surface area (Å²) >= 11 is 3.39. The predicted octanol–water partition coefficient (Wildman–Crippen LogP) is 3.41. The molecule has 0 saturated carbocycles. The van der Waals surface area contributed by atoms with Gasteiger partial charge in [0.2, 0.25) is 0 Å². The highest BCUT2D eigenvalue weighted by molar-refractivity contribution is 9.10. The Labute approximate surface area is 84.5 Å². The molecule has 0 amide bonds. The SMILES string of the molecule is O=Cc1ccc2ccc(Br)cc2c1. The van der Waals surface area contributed by atoms with Crippen LogP contribution in [0.3, 0.4) is 0 Å². The lowest BCUT2D eigenvalue weighted by atomic mass is 10.1. The Balaban J connectivity index is 2.74. The highest BCUT2D eigenvalue weighted by Crippen LogP contribution is 2.20. The van der Waals surface area contributed by atoms with Crippen LogP contribution in [0, 0.1) is 0 Å². The second-order valence-corrected chi connectivity index (χ2v) is 3.78. The summed E-state index contributed by atoms with van der Waals surface area (Å²) in [6, 6.07) is 11.7. The van der Waals surface area contributed by atoms with Gasteiger partial charge in [0.1, 0.15) is 6.29 Å². The van der Waals surface area contributed by atoms with E-state index in [1.54, 1.807) is 0 Å². The minimum absolute atomic E-state index is 0.714. The van der Waals surface area contributed by atoms with Gasteiger partial charge in [-0.1, -0.05) is 34.1 Å². The van der Waals surface area contributed by atoms with Crippen LogP contribution in [-0.2, 0) is 0 Å². The number of hydrogen-bond acceptors (Lipinski definition) is 1. The van der Waals surface area contributed by atoms with E-state index in [2.05, 4.69) is 15.9 Å². The molecular formula is C11H7BrO. The molecule has 0 N–H and O–H groups in total. The van der Waals surface area contributed by atoms with Crippen molar-refractivity contribution in [3.05, 3.63) is 46.4 Å². The molecule has 0 atom stereocenters. The molecule has 0 aliphatic carbocycles. The van der Waals surface area contributed by atoms with E-state index in [1.165, 1.54) is 0 Å². The molecule has 2 aromatic rings. The van der Waals surface area contributed by atoms with Gasteiger partial charge in [-0.3, -0.25) is 4.79 Å². The van der Waals surface area contributed by atoms with Gasteiger partial charge in [-0.25, -0.2) is 0 Å². The normalized spacial score (nSPS) is 10.2. The predicted molar refractivity (Wildman–Crippen MR) is 57.0 cm³/mol. The molecule has 2 heteroatoms. The van der Waals surface area contributed by atoms with Crippen LogP contribution < -0.4 is 0 Å². The molecule has 0 unspecified atom stereocenters. The van der Waals surface area contributed by atoms with E-state index in [0.717, 1.165) is 21.5 Å². The van der Waals surface area contributed by atoms with Crippen molar-refractivity contribution in [1.82, 2.24) is 0 Å². The third-order valence-corrected chi connectivity index (χ3v) is 2.46. The van der Waals surface area contributed by atoms with E-state index >= 15 is 0 Å². The van der Waals surface area contributed by atoms with Gasteiger partial charge in [0.05, 0.1) is 0 Å². The number of carbonyl (C=O) groups is 1. The van der Waals surface area contributed by atoms with Crippen LogP contribution in [0.15, 0.2) is 40.9 Å². The zero-order chi connectivity index (χ0) is 9.26. The summed E-state index contributed by atoms with van der Waals surface area (Å²) in [6.45, 7) is 0. The molecule has 1 nitrogen and oxygen atoms in total. The highest BCUT2D eigenvalue weighted by Gasteiger charge is 1.95. The van der Waals surface area contributed by atoms with Gasteiger partial charge in [-0.05, 0) is 29.0 Å². The number of fused-ring (bicyclic) bond motifs is 1. The molecule has 0 radical (unpaired) electrons. The van der Waals surface area contributed by atoms with Crippen molar-refractivity contribution in [3.63, 3.8) is 0 Å². The van der Waals surface area contributed by atoms with Crippen molar-refractivity contribution in [2.45, 2.75) is 0 Å². The lowest BCUT2D eigenvalue weighted by molar-refractivity contribution is 0.112. The summed E-state index contributed by atoms with van der Waals surface area (Å²) in [6.07, 6.45) is 0.861. The summed E-state index contributed by atoms with van der Waals surface area (Å²) in [5.41, 5.74) is 0.714. The largest absolute Gasteiger partial charge is 0.298 e. The van der Waals surface area contributed by atoms with E-state index < -0.39 is 0 Å². The van der Waals surface area contributed by atoms with Gasteiger partial charge in [0, 0.05) is 10.0 Å². The van der Waals surface area contributed by atoms with Crippen molar-refractivity contribution in [2.24, 2.45) is 0 Å². The quantitative estimate of drug-likeness (QED) is 0.692. The van der Waals surface area contributed by atoms with Crippen LogP contribution in [0.25, 0.3) is 10.8 Å². The van der Waals surface area contributed by atoms with E-state index in [9.17, 15) is 4.79 Å². The summed E-state index contributed by atoms with van der Waals surface area (Å²) in [5, 5.41) is 2.23. The van der Waals surface area contributed by atoms with Crippen LogP contribution in [0.5, 0.6) is 0 Å². The van der Waals surface area contributed by atoms with Gasteiger partial charge in [0.15, 0.2) is 0 Å². The number of rotatable bonds is 1. The van der Waals surface area contributed by atoms with Crippen LogP contribution in [0.2, 0.25) is 0 Å². The minimum atomic E-state index is 0.714. The van der Waals surface area contributed by atoms with Gasteiger partial charge >= 0.3 is 0 Å². The monoisotopic (exact) mass is 234 g/mol. The van der Waals surface area contributed by atoms with Crippen LogP contribution in [0.1, 0.15) is 10.4 Å². The summed E-state index contributed by atoms with van der Waals surface area (Å²) in [7, 11) is 0. The molecule has 0 aromatic heterocycles. The molecule has 0 aliphatic heterocycles. The number of benzene rings is 2. The Hall–Kier alpha value is -1.15.